The molecule has 0 radical (unpaired) electrons. The molecule has 3 heterocycles. The zero-order valence-corrected chi connectivity index (χ0v) is 12.8. The van der Waals surface area contributed by atoms with Crippen molar-refractivity contribution in [1.82, 2.24) is 24.8 Å². The molecule has 0 aliphatic carbocycles. The molecular formula is C16H12ClN5. The van der Waals surface area contributed by atoms with Crippen LogP contribution in [0.15, 0.2) is 36.4 Å². The summed E-state index contributed by atoms with van der Waals surface area (Å²) in [5, 5.41) is 13.9. The minimum Gasteiger partial charge on any atom is -0.230 e. The molecule has 3 aromatic heterocycles. The van der Waals surface area contributed by atoms with Crippen LogP contribution in [0.3, 0.4) is 0 Å². The normalized spacial score (nSPS) is 11.4. The van der Waals surface area contributed by atoms with Gasteiger partial charge in [-0.15, -0.1) is 5.10 Å². The molecule has 0 saturated carbocycles. The van der Waals surface area contributed by atoms with Gasteiger partial charge in [-0.3, -0.25) is 0 Å². The molecule has 0 aliphatic rings. The van der Waals surface area contributed by atoms with E-state index in [1.54, 1.807) is 0 Å². The topological polar surface area (TPSA) is 56.0 Å². The van der Waals surface area contributed by atoms with Gasteiger partial charge in [0.2, 0.25) is 0 Å². The summed E-state index contributed by atoms with van der Waals surface area (Å²) in [7, 11) is 0. The average Bonchev–Trinajstić information content (AvgIpc) is 2.98. The fourth-order valence-electron chi connectivity index (χ4n) is 2.66. The standard InChI is InChI=1S/C16H12ClN5/c1-9-14-13-8-12(11-6-4-3-5-7-11)21-22(13)10(2)18-15(14)16(17)20-19-9/h3-8H,1-2H3. The lowest BCUT2D eigenvalue weighted by atomic mass is 10.1. The maximum atomic E-state index is 6.16. The van der Waals surface area contributed by atoms with Gasteiger partial charge in [0.05, 0.1) is 22.3 Å². The molecule has 22 heavy (non-hydrogen) atoms. The van der Waals surface area contributed by atoms with Gasteiger partial charge in [0.15, 0.2) is 5.15 Å². The Morgan fingerprint density at radius 1 is 1.05 bits per heavy atom. The van der Waals surface area contributed by atoms with Crippen molar-refractivity contribution in [3.8, 4) is 11.3 Å². The number of hydrogen-bond donors (Lipinski definition) is 0. The summed E-state index contributed by atoms with van der Waals surface area (Å²) in [5.74, 6) is 0.763. The van der Waals surface area contributed by atoms with Crippen molar-refractivity contribution < 1.29 is 0 Å². The monoisotopic (exact) mass is 309 g/mol. The summed E-state index contributed by atoms with van der Waals surface area (Å²) in [6, 6.07) is 12.1. The summed E-state index contributed by atoms with van der Waals surface area (Å²) in [6.07, 6.45) is 0. The number of halogens is 1. The molecule has 0 bridgehead atoms. The lowest BCUT2D eigenvalue weighted by Gasteiger charge is -2.06. The van der Waals surface area contributed by atoms with Crippen LogP contribution in [0.4, 0.5) is 0 Å². The quantitative estimate of drug-likeness (QED) is 0.539. The van der Waals surface area contributed by atoms with Gasteiger partial charge >= 0.3 is 0 Å². The molecular weight excluding hydrogens is 298 g/mol. The highest BCUT2D eigenvalue weighted by atomic mass is 35.5. The highest BCUT2D eigenvalue weighted by Gasteiger charge is 2.15. The van der Waals surface area contributed by atoms with E-state index < -0.39 is 0 Å². The van der Waals surface area contributed by atoms with Gasteiger partial charge in [0.25, 0.3) is 0 Å². The maximum absolute atomic E-state index is 6.16. The molecule has 6 heteroatoms. The van der Waals surface area contributed by atoms with Crippen molar-refractivity contribution in [3.05, 3.63) is 53.1 Å². The van der Waals surface area contributed by atoms with E-state index in [0.717, 1.165) is 33.7 Å². The van der Waals surface area contributed by atoms with Crippen LogP contribution in [-0.4, -0.2) is 24.8 Å². The molecule has 0 aliphatic heterocycles. The van der Waals surface area contributed by atoms with Crippen molar-refractivity contribution in [2.24, 2.45) is 0 Å². The Kier molecular flexibility index (Phi) is 2.84. The SMILES string of the molecule is Cc1nnc(Cl)c2nc(C)n3nc(-c4ccccc4)cc3c12. The smallest absolute Gasteiger partial charge is 0.178 e. The van der Waals surface area contributed by atoms with Crippen molar-refractivity contribution >= 4 is 28.0 Å². The van der Waals surface area contributed by atoms with Gasteiger partial charge in [0, 0.05) is 5.56 Å². The van der Waals surface area contributed by atoms with E-state index in [2.05, 4.69) is 20.3 Å². The molecule has 1 aromatic carbocycles. The number of fused-ring (bicyclic) bond motifs is 3. The third-order valence-electron chi connectivity index (χ3n) is 3.70. The van der Waals surface area contributed by atoms with Crippen LogP contribution < -0.4 is 0 Å². The van der Waals surface area contributed by atoms with Crippen LogP contribution in [0, 0.1) is 13.8 Å². The van der Waals surface area contributed by atoms with Crippen LogP contribution in [0.25, 0.3) is 27.7 Å². The molecule has 0 fully saturated rings. The van der Waals surface area contributed by atoms with Gasteiger partial charge in [-0.1, -0.05) is 41.9 Å². The highest BCUT2D eigenvalue weighted by molar-refractivity contribution is 6.34. The van der Waals surface area contributed by atoms with Crippen LogP contribution in [0.5, 0.6) is 0 Å². The molecule has 0 saturated heterocycles. The first-order valence-electron chi connectivity index (χ1n) is 6.89. The Morgan fingerprint density at radius 3 is 2.59 bits per heavy atom. The van der Waals surface area contributed by atoms with Crippen LogP contribution >= 0.6 is 11.6 Å². The second kappa shape index (κ2) is 4.74. The van der Waals surface area contributed by atoms with E-state index in [9.17, 15) is 0 Å². The third-order valence-corrected chi connectivity index (χ3v) is 3.95. The van der Waals surface area contributed by atoms with Gasteiger partial charge < -0.3 is 0 Å². The average molecular weight is 310 g/mol. The summed E-state index contributed by atoms with van der Waals surface area (Å²) in [4.78, 5) is 4.54. The minimum atomic E-state index is 0.314. The summed E-state index contributed by atoms with van der Waals surface area (Å²) < 4.78 is 1.83. The Balaban J connectivity index is 2.13. The van der Waals surface area contributed by atoms with Crippen molar-refractivity contribution in [3.63, 3.8) is 0 Å². The van der Waals surface area contributed by atoms with Crippen molar-refractivity contribution in [1.29, 1.82) is 0 Å². The number of hydrogen-bond acceptors (Lipinski definition) is 4. The number of benzene rings is 1. The fourth-order valence-corrected chi connectivity index (χ4v) is 2.84. The second-order valence-electron chi connectivity index (χ2n) is 5.15. The number of aromatic nitrogens is 5. The van der Waals surface area contributed by atoms with E-state index in [4.69, 9.17) is 11.6 Å². The van der Waals surface area contributed by atoms with E-state index in [1.807, 2.05) is 54.8 Å². The van der Waals surface area contributed by atoms with Crippen molar-refractivity contribution in [2.75, 3.05) is 0 Å². The van der Waals surface area contributed by atoms with E-state index in [-0.39, 0.29) is 0 Å². The zero-order valence-electron chi connectivity index (χ0n) is 12.1. The molecule has 0 spiro atoms. The lowest BCUT2D eigenvalue weighted by molar-refractivity contribution is 0.874. The highest BCUT2D eigenvalue weighted by Crippen LogP contribution is 2.29. The molecule has 4 aromatic rings. The lowest BCUT2D eigenvalue weighted by Crippen LogP contribution is -2.02. The number of rotatable bonds is 1. The van der Waals surface area contributed by atoms with E-state index >= 15 is 0 Å². The summed E-state index contributed by atoms with van der Waals surface area (Å²) in [6.45, 7) is 3.80. The first-order chi connectivity index (χ1) is 10.6. The molecule has 108 valence electrons. The summed E-state index contributed by atoms with van der Waals surface area (Å²) in [5.41, 5.74) is 4.35. The predicted octanol–water partition coefficient (Wildman–Crippen LogP) is 3.61. The Labute approximate surface area is 131 Å². The zero-order chi connectivity index (χ0) is 15.3. The molecule has 0 atom stereocenters. The van der Waals surface area contributed by atoms with Gasteiger partial charge in [-0.25, -0.2) is 9.50 Å². The molecule has 4 rings (SSSR count). The van der Waals surface area contributed by atoms with E-state index in [0.29, 0.717) is 10.7 Å². The summed E-state index contributed by atoms with van der Waals surface area (Å²) >= 11 is 6.16. The Bertz CT molecular complexity index is 1010. The predicted molar refractivity (Wildman–Crippen MR) is 86.0 cm³/mol. The van der Waals surface area contributed by atoms with Gasteiger partial charge in [-0.2, -0.15) is 10.2 Å². The molecule has 0 N–H and O–H groups in total. The Morgan fingerprint density at radius 2 is 1.82 bits per heavy atom. The van der Waals surface area contributed by atoms with Gasteiger partial charge in [-0.05, 0) is 19.9 Å². The van der Waals surface area contributed by atoms with Crippen LogP contribution in [0.1, 0.15) is 11.5 Å². The molecule has 5 nitrogen and oxygen atoms in total. The number of nitrogens with zero attached hydrogens (tertiary/aromatic N) is 5. The van der Waals surface area contributed by atoms with E-state index in [1.165, 1.54) is 0 Å². The van der Waals surface area contributed by atoms with Gasteiger partial charge in [0.1, 0.15) is 11.3 Å². The minimum absolute atomic E-state index is 0.314. The van der Waals surface area contributed by atoms with Crippen LogP contribution in [0.2, 0.25) is 5.15 Å². The van der Waals surface area contributed by atoms with Crippen LogP contribution in [-0.2, 0) is 0 Å². The van der Waals surface area contributed by atoms with Crippen molar-refractivity contribution in [2.45, 2.75) is 13.8 Å². The third kappa shape index (κ3) is 1.86. The maximum Gasteiger partial charge on any atom is 0.178 e. The Hall–Kier alpha value is -2.53. The first-order valence-corrected chi connectivity index (χ1v) is 7.27. The fraction of sp³-hybridized carbons (Fsp3) is 0.125. The molecule has 0 unspecified atom stereocenters. The first kappa shape index (κ1) is 13.2. The largest absolute Gasteiger partial charge is 0.230 e. The molecule has 0 amide bonds. The number of aryl methyl sites for hydroxylation is 2. The second-order valence-corrected chi connectivity index (χ2v) is 5.51.